The molecule has 0 bridgehead atoms. The van der Waals surface area contributed by atoms with Crippen LogP contribution in [0.1, 0.15) is 32.0 Å². The lowest BCUT2D eigenvalue weighted by Crippen LogP contribution is -2.47. The van der Waals surface area contributed by atoms with Crippen LogP contribution in [0.3, 0.4) is 0 Å². The lowest BCUT2D eigenvalue weighted by molar-refractivity contribution is 0.270. The molecule has 0 atom stereocenters. The van der Waals surface area contributed by atoms with Gasteiger partial charge in [-0.1, -0.05) is 37.3 Å². The van der Waals surface area contributed by atoms with Crippen molar-refractivity contribution in [2.24, 2.45) is 0 Å². The maximum absolute atomic E-state index is 4.95. The molecular formula is C21H31N5. The van der Waals surface area contributed by atoms with Gasteiger partial charge in [-0.2, -0.15) is 4.98 Å². The largest absolute Gasteiger partial charge is 0.350 e. The third kappa shape index (κ3) is 4.52. The van der Waals surface area contributed by atoms with E-state index in [-0.39, 0.29) is 0 Å². The molecule has 1 aliphatic rings. The third-order valence-corrected chi connectivity index (χ3v) is 5.04. The summed E-state index contributed by atoms with van der Waals surface area (Å²) in [7, 11) is 0. The summed E-state index contributed by atoms with van der Waals surface area (Å²) in [6, 6.07) is 13.1. The van der Waals surface area contributed by atoms with Crippen molar-refractivity contribution < 1.29 is 0 Å². The molecule has 3 rings (SSSR count). The van der Waals surface area contributed by atoms with Crippen LogP contribution < -0.4 is 9.80 Å². The Morgan fingerprint density at radius 1 is 1.04 bits per heavy atom. The smallest absolute Gasteiger partial charge is 0.227 e. The van der Waals surface area contributed by atoms with Crippen molar-refractivity contribution in [2.75, 3.05) is 42.5 Å². The molecule has 2 aromatic rings. The highest BCUT2D eigenvalue weighted by atomic mass is 15.3. The van der Waals surface area contributed by atoms with E-state index in [9.17, 15) is 0 Å². The number of hydrogen-bond acceptors (Lipinski definition) is 5. The first kappa shape index (κ1) is 18.6. The van der Waals surface area contributed by atoms with Gasteiger partial charge in [0, 0.05) is 50.5 Å². The van der Waals surface area contributed by atoms with Gasteiger partial charge in [-0.05, 0) is 32.9 Å². The van der Waals surface area contributed by atoms with E-state index >= 15 is 0 Å². The fraction of sp³-hybridized carbons (Fsp3) is 0.524. The van der Waals surface area contributed by atoms with E-state index < -0.39 is 0 Å². The van der Waals surface area contributed by atoms with Gasteiger partial charge in [-0.3, -0.25) is 0 Å². The van der Waals surface area contributed by atoms with Crippen LogP contribution in [0.5, 0.6) is 0 Å². The molecule has 0 aliphatic carbocycles. The second kappa shape index (κ2) is 8.49. The lowest BCUT2D eigenvalue weighted by atomic mass is 10.2. The second-order valence-electron chi connectivity index (χ2n) is 7.30. The zero-order chi connectivity index (χ0) is 18.5. The summed E-state index contributed by atoms with van der Waals surface area (Å²) in [4.78, 5) is 16.8. The molecule has 0 amide bonds. The standard InChI is InChI=1S/C21H31N5/c1-5-24-11-13-25(14-12-24)21-22-18(4)15-20(23-21)26(17(2)3)16-19-9-7-6-8-10-19/h6-10,15,17H,5,11-14,16H2,1-4H3. The van der Waals surface area contributed by atoms with Crippen LogP contribution in [0.2, 0.25) is 0 Å². The van der Waals surface area contributed by atoms with Crippen molar-refractivity contribution in [2.45, 2.75) is 40.3 Å². The van der Waals surface area contributed by atoms with Crippen LogP contribution in [-0.4, -0.2) is 53.6 Å². The minimum Gasteiger partial charge on any atom is -0.350 e. The molecule has 1 fully saturated rings. The lowest BCUT2D eigenvalue weighted by Gasteiger charge is -2.35. The van der Waals surface area contributed by atoms with Crippen molar-refractivity contribution in [1.82, 2.24) is 14.9 Å². The highest BCUT2D eigenvalue weighted by Gasteiger charge is 2.20. The van der Waals surface area contributed by atoms with Gasteiger partial charge in [0.25, 0.3) is 0 Å². The molecule has 2 heterocycles. The second-order valence-corrected chi connectivity index (χ2v) is 7.30. The number of aromatic nitrogens is 2. The molecule has 0 radical (unpaired) electrons. The summed E-state index contributed by atoms with van der Waals surface area (Å²) in [6.45, 7) is 14.9. The number of rotatable bonds is 6. The predicted molar refractivity (Wildman–Crippen MR) is 109 cm³/mol. The Bertz CT molecular complexity index is 693. The van der Waals surface area contributed by atoms with E-state index in [1.807, 2.05) is 0 Å². The van der Waals surface area contributed by atoms with Gasteiger partial charge >= 0.3 is 0 Å². The van der Waals surface area contributed by atoms with E-state index in [1.165, 1.54) is 5.56 Å². The Morgan fingerprint density at radius 3 is 2.35 bits per heavy atom. The SMILES string of the molecule is CCN1CCN(c2nc(C)cc(N(Cc3ccccc3)C(C)C)n2)CC1. The Labute approximate surface area is 157 Å². The van der Waals surface area contributed by atoms with E-state index in [0.29, 0.717) is 6.04 Å². The van der Waals surface area contributed by atoms with E-state index in [1.54, 1.807) is 0 Å². The zero-order valence-electron chi connectivity index (χ0n) is 16.5. The topological polar surface area (TPSA) is 35.5 Å². The number of nitrogens with zero attached hydrogens (tertiary/aromatic N) is 5. The first-order valence-electron chi connectivity index (χ1n) is 9.70. The quantitative estimate of drug-likeness (QED) is 0.796. The van der Waals surface area contributed by atoms with E-state index in [2.05, 4.69) is 78.8 Å². The minimum atomic E-state index is 0.370. The Morgan fingerprint density at radius 2 is 1.73 bits per heavy atom. The van der Waals surface area contributed by atoms with Crippen molar-refractivity contribution in [3.8, 4) is 0 Å². The number of aryl methyl sites for hydroxylation is 1. The maximum Gasteiger partial charge on any atom is 0.227 e. The molecule has 1 aliphatic heterocycles. The molecule has 5 heteroatoms. The molecule has 5 nitrogen and oxygen atoms in total. The highest BCUT2D eigenvalue weighted by molar-refractivity contribution is 5.47. The van der Waals surface area contributed by atoms with Crippen molar-refractivity contribution in [3.05, 3.63) is 47.7 Å². The summed E-state index contributed by atoms with van der Waals surface area (Å²) in [5, 5.41) is 0. The Balaban J connectivity index is 1.83. The summed E-state index contributed by atoms with van der Waals surface area (Å²) in [6.07, 6.45) is 0. The van der Waals surface area contributed by atoms with Gasteiger partial charge in [0.05, 0.1) is 0 Å². The van der Waals surface area contributed by atoms with Crippen LogP contribution in [-0.2, 0) is 6.54 Å². The fourth-order valence-electron chi connectivity index (χ4n) is 3.40. The van der Waals surface area contributed by atoms with Gasteiger partial charge in [-0.15, -0.1) is 0 Å². The monoisotopic (exact) mass is 353 g/mol. The molecular weight excluding hydrogens is 322 g/mol. The van der Waals surface area contributed by atoms with Crippen molar-refractivity contribution in [3.63, 3.8) is 0 Å². The van der Waals surface area contributed by atoms with Gasteiger partial charge < -0.3 is 14.7 Å². The molecule has 1 saturated heterocycles. The van der Waals surface area contributed by atoms with Gasteiger partial charge in [-0.25, -0.2) is 4.98 Å². The number of likely N-dealkylation sites (N-methyl/N-ethyl adjacent to an activating group) is 1. The Kier molecular flexibility index (Phi) is 6.09. The molecule has 1 aromatic heterocycles. The molecule has 140 valence electrons. The highest BCUT2D eigenvalue weighted by Crippen LogP contribution is 2.22. The average Bonchev–Trinajstić information content (AvgIpc) is 2.66. The predicted octanol–water partition coefficient (Wildman–Crippen LogP) is 3.34. The van der Waals surface area contributed by atoms with Crippen LogP contribution in [0, 0.1) is 6.92 Å². The summed E-state index contributed by atoms with van der Waals surface area (Å²) >= 11 is 0. The summed E-state index contributed by atoms with van der Waals surface area (Å²) in [5.74, 6) is 1.89. The molecule has 0 unspecified atom stereocenters. The molecule has 0 spiro atoms. The van der Waals surface area contributed by atoms with Crippen LogP contribution in [0.15, 0.2) is 36.4 Å². The van der Waals surface area contributed by atoms with Crippen molar-refractivity contribution >= 4 is 11.8 Å². The number of benzene rings is 1. The van der Waals surface area contributed by atoms with Crippen LogP contribution in [0.4, 0.5) is 11.8 Å². The first-order valence-corrected chi connectivity index (χ1v) is 9.70. The molecule has 26 heavy (non-hydrogen) atoms. The number of piperazine rings is 1. The van der Waals surface area contributed by atoms with E-state index in [0.717, 1.165) is 56.7 Å². The molecule has 0 N–H and O–H groups in total. The van der Waals surface area contributed by atoms with Gasteiger partial charge in [0.2, 0.25) is 5.95 Å². The first-order chi connectivity index (χ1) is 12.6. The van der Waals surface area contributed by atoms with Crippen LogP contribution >= 0.6 is 0 Å². The molecule has 0 saturated carbocycles. The normalized spacial score (nSPS) is 15.5. The van der Waals surface area contributed by atoms with Crippen molar-refractivity contribution in [1.29, 1.82) is 0 Å². The minimum absolute atomic E-state index is 0.370. The number of anilines is 2. The van der Waals surface area contributed by atoms with E-state index in [4.69, 9.17) is 9.97 Å². The van der Waals surface area contributed by atoms with Gasteiger partial charge in [0.1, 0.15) is 5.82 Å². The van der Waals surface area contributed by atoms with Crippen LogP contribution in [0.25, 0.3) is 0 Å². The summed E-state index contributed by atoms with van der Waals surface area (Å²) < 4.78 is 0. The fourth-order valence-corrected chi connectivity index (χ4v) is 3.40. The summed E-state index contributed by atoms with van der Waals surface area (Å²) in [5.41, 5.74) is 2.33. The van der Waals surface area contributed by atoms with Gasteiger partial charge in [0.15, 0.2) is 0 Å². The zero-order valence-corrected chi connectivity index (χ0v) is 16.5. The Hall–Kier alpha value is -2.14. The number of hydrogen-bond donors (Lipinski definition) is 0. The maximum atomic E-state index is 4.95. The average molecular weight is 354 g/mol. The molecule has 1 aromatic carbocycles. The third-order valence-electron chi connectivity index (χ3n) is 5.04.